The Morgan fingerprint density at radius 2 is 1.70 bits per heavy atom. The van der Waals surface area contributed by atoms with Gasteiger partial charge in [-0.1, -0.05) is 29.8 Å². The lowest BCUT2D eigenvalue weighted by Crippen LogP contribution is -2.37. The highest BCUT2D eigenvalue weighted by Gasteiger charge is 2.29. The molecule has 1 atom stereocenters. The third-order valence-electron chi connectivity index (χ3n) is 4.90. The number of aryl methyl sites for hydroxylation is 1. The van der Waals surface area contributed by atoms with Crippen molar-refractivity contribution in [1.29, 1.82) is 0 Å². The number of ether oxygens (including phenoxy) is 1. The summed E-state index contributed by atoms with van der Waals surface area (Å²) in [6.45, 7) is 3.38. The van der Waals surface area contributed by atoms with Crippen molar-refractivity contribution in [1.82, 2.24) is 4.31 Å². The van der Waals surface area contributed by atoms with Crippen molar-refractivity contribution in [2.24, 2.45) is 0 Å². The van der Waals surface area contributed by atoms with Crippen molar-refractivity contribution < 1.29 is 13.2 Å². The Bertz CT molecular complexity index is 840. The van der Waals surface area contributed by atoms with Crippen LogP contribution < -0.4 is 4.90 Å². The molecule has 1 aliphatic heterocycles. The number of hydrogen-bond donors (Lipinski definition) is 0. The number of sulfonamides is 1. The molecule has 2 aromatic rings. The predicted molar refractivity (Wildman–Crippen MR) is 109 cm³/mol. The van der Waals surface area contributed by atoms with Gasteiger partial charge in [0.15, 0.2) is 0 Å². The Morgan fingerprint density at radius 1 is 1.04 bits per heavy atom. The van der Waals surface area contributed by atoms with Crippen LogP contribution in [-0.2, 0) is 21.3 Å². The maximum Gasteiger partial charge on any atom is 0.243 e. The normalized spacial score (nSPS) is 17.4. The molecule has 2 aromatic carbocycles. The molecular formula is C21H28N2O3S. The molecule has 3 rings (SSSR count). The molecule has 0 saturated carbocycles. The maximum absolute atomic E-state index is 13.3. The first kappa shape index (κ1) is 19.9. The largest absolute Gasteiger partial charge is 0.378 e. The zero-order valence-corrected chi connectivity index (χ0v) is 17.1. The first-order chi connectivity index (χ1) is 12.9. The molecule has 27 heavy (non-hydrogen) atoms. The van der Waals surface area contributed by atoms with E-state index in [1.54, 1.807) is 16.4 Å². The molecule has 1 fully saturated rings. The summed E-state index contributed by atoms with van der Waals surface area (Å²) in [6, 6.07) is 15.0. The zero-order valence-electron chi connectivity index (χ0n) is 16.3. The molecule has 0 radical (unpaired) electrons. The van der Waals surface area contributed by atoms with Crippen molar-refractivity contribution in [3.8, 4) is 0 Å². The fourth-order valence-corrected chi connectivity index (χ4v) is 4.69. The lowest BCUT2D eigenvalue weighted by molar-refractivity contribution is 0.0926. The fourth-order valence-electron chi connectivity index (χ4n) is 3.23. The molecule has 0 aliphatic carbocycles. The summed E-state index contributed by atoms with van der Waals surface area (Å²) in [6.07, 6.45) is 1.85. The van der Waals surface area contributed by atoms with Gasteiger partial charge in [0.25, 0.3) is 0 Å². The maximum atomic E-state index is 13.3. The zero-order chi connectivity index (χ0) is 19.4. The van der Waals surface area contributed by atoms with E-state index in [0.717, 1.165) is 29.7 Å². The predicted octanol–water partition coefficient (Wildman–Crippen LogP) is 3.43. The highest BCUT2D eigenvalue weighted by Crippen LogP contribution is 2.23. The lowest BCUT2D eigenvalue weighted by Gasteiger charge is -2.25. The van der Waals surface area contributed by atoms with Gasteiger partial charge in [-0.05, 0) is 49.6 Å². The number of rotatable bonds is 7. The van der Waals surface area contributed by atoms with Gasteiger partial charge in [0.1, 0.15) is 0 Å². The van der Waals surface area contributed by atoms with Crippen LogP contribution in [0.1, 0.15) is 24.0 Å². The van der Waals surface area contributed by atoms with Gasteiger partial charge in [-0.2, -0.15) is 4.31 Å². The van der Waals surface area contributed by atoms with Crippen molar-refractivity contribution in [3.05, 3.63) is 59.7 Å². The minimum atomic E-state index is -3.59. The summed E-state index contributed by atoms with van der Waals surface area (Å²) >= 11 is 0. The highest BCUT2D eigenvalue weighted by molar-refractivity contribution is 7.89. The SMILES string of the molecule is Cc1ccc(S(=O)(=O)N(Cc2ccc(N(C)C)cc2)C[C@H]2CCCO2)cc1. The van der Waals surface area contributed by atoms with E-state index in [0.29, 0.717) is 24.6 Å². The van der Waals surface area contributed by atoms with Crippen LogP contribution in [0.5, 0.6) is 0 Å². The average Bonchev–Trinajstić information content (AvgIpc) is 3.15. The molecule has 5 nitrogen and oxygen atoms in total. The van der Waals surface area contributed by atoms with Gasteiger partial charge in [0.2, 0.25) is 10.0 Å². The molecule has 1 aliphatic rings. The van der Waals surface area contributed by atoms with Crippen LogP contribution >= 0.6 is 0 Å². The Hall–Kier alpha value is -1.89. The minimum absolute atomic E-state index is 0.0359. The molecule has 1 saturated heterocycles. The second kappa shape index (κ2) is 8.42. The van der Waals surface area contributed by atoms with E-state index < -0.39 is 10.0 Å². The van der Waals surface area contributed by atoms with Crippen molar-refractivity contribution in [3.63, 3.8) is 0 Å². The van der Waals surface area contributed by atoms with Gasteiger partial charge in [0.05, 0.1) is 11.0 Å². The van der Waals surface area contributed by atoms with Gasteiger partial charge >= 0.3 is 0 Å². The van der Waals surface area contributed by atoms with Crippen LogP contribution in [0.4, 0.5) is 5.69 Å². The van der Waals surface area contributed by atoms with Crippen LogP contribution in [0.25, 0.3) is 0 Å². The number of hydrogen-bond acceptors (Lipinski definition) is 4. The van der Waals surface area contributed by atoms with Crippen molar-refractivity contribution in [2.45, 2.75) is 37.3 Å². The van der Waals surface area contributed by atoms with Crippen LogP contribution in [0.15, 0.2) is 53.4 Å². The Balaban J connectivity index is 1.86. The fraction of sp³-hybridized carbons (Fsp3) is 0.429. The minimum Gasteiger partial charge on any atom is -0.378 e. The Morgan fingerprint density at radius 3 is 2.26 bits per heavy atom. The molecule has 0 N–H and O–H groups in total. The second-order valence-corrected chi connectivity index (χ2v) is 9.24. The van der Waals surface area contributed by atoms with Gasteiger partial charge in [-0.3, -0.25) is 0 Å². The van der Waals surface area contributed by atoms with E-state index in [9.17, 15) is 8.42 Å². The number of anilines is 1. The third-order valence-corrected chi connectivity index (χ3v) is 6.73. The van der Waals surface area contributed by atoms with E-state index in [1.165, 1.54) is 0 Å². The first-order valence-electron chi connectivity index (χ1n) is 9.31. The average molecular weight is 389 g/mol. The van der Waals surface area contributed by atoms with Gasteiger partial charge < -0.3 is 9.64 Å². The highest BCUT2D eigenvalue weighted by atomic mass is 32.2. The standard InChI is InChI=1S/C21H28N2O3S/c1-17-6-12-21(13-7-17)27(24,25)23(16-20-5-4-14-26-20)15-18-8-10-19(11-9-18)22(2)3/h6-13,20H,4-5,14-16H2,1-3H3/t20-/m1/s1. The smallest absolute Gasteiger partial charge is 0.243 e. The second-order valence-electron chi connectivity index (χ2n) is 7.31. The Kier molecular flexibility index (Phi) is 6.19. The summed E-state index contributed by atoms with van der Waals surface area (Å²) in [5.74, 6) is 0. The molecule has 0 spiro atoms. The molecule has 0 unspecified atom stereocenters. The van der Waals surface area contributed by atoms with E-state index in [2.05, 4.69) is 0 Å². The lowest BCUT2D eigenvalue weighted by atomic mass is 10.2. The monoisotopic (exact) mass is 388 g/mol. The summed E-state index contributed by atoms with van der Waals surface area (Å²) in [7, 11) is 0.386. The summed E-state index contributed by atoms with van der Waals surface area (Å²) in [5.41, 5.74) is 3.10. The molecule has 6 heteroatoms. The molecule has 0 bridgehead atoms. The van der Waals surface area contributed by atoms with E-state index in [-0.39, 0.29) is 6.10 Å². The molecule has 0 amide bonds. The summed E-state index contributed by atoms with van der Waals surface area (Å²) in [4.78, 5) is 2.35. The van der Waals surface area contributed by atoms with Crippen LogP contribution in [0.2, 0.25) is 0 Å². The van der Waals surface area contributed by atoms with Crippen molar-refractivity contribution in [2.75, 3.05) is 32.1 Å². The number of benzene rings is 2. The van der Waals surface area contributed by atoms with Gasteiger partial charge in [-0.15, -0.1) is 0 Å². The molecule has 146 valence electrons. The third kappa shape index (κ3) is 4.89. The van der Waals surface area contributed by atoms with Crippen LogP contribution in [0.3, 0.4) is 0 Å². The quantitative estimate of drug-likeness (QED) is 0.729. The topological polar surface area (TPSA) is 49.9 Å². The van der Waals surface area contributed by atoms with Gasteiger partial charge in [-0.25, -0.2) is 8.42 Å². The number of nitrogens with zero attached hydrogens (tertiary/aromatic N) is 2. The first-order valence-corrected chi connectivity index (χ1v) is 10.7. The molecule has 1 heterocycles. The molecule has 0 aromatic heterocycles. The van der Waals surface area contributed by atoms with E-state index >= 15 is 0 Å². The van der Waals surface area contributed by atoms with Crippen LogP contribution in [-0.4, -0.2) is 46.1 Å². The van der Waals surface area contributed by atoms with Crippen molar-refractivity contribution >= 4 is 15.7 Å². The summed E-state index contributed by atoms with van der Waals surface area (Å²) < 4.78 is 33.8. The molecular weight excluding hydrogens is 360 g/mol. The van der Waals surface area contributed by atoms with Crippen LogP contribution in [0, 0.1) is 6.92 Å². The Labute approximate surface area is 162 Å². The van der Waals surface area contributed by atoms with Gasteiger partial charge in [0, 0.05) is 39.5 Å². The van der Waals surface area contributed by atoms with E-state index in [1.807, 2.05) is 62.3 Å². The summed E-state index contributed by atoms with van der Waals surface area (Å²) in [5, 5.41) is 0. The van der Waals surface area contributed by atoms with E-state index in [4.69, 9.17) is 4.74 Å².